The Hall–Kier alpha value is -0.810. The number of nitrogens with one attached hydrogen (secondary N) is 1. The van der Waals surface area contributed by atoms with E-state index in [1.807, 2.05) is 0 Å². The van der Waals surface area contributed by atoms with E-state index < -0.39 is 0 Å². The minimum Gasteiger partial charge on any atom is -0.356 e. The van der Waals surface area contributed by atoms with Crippen molar-refractivity contribution in [1.29, 1.82) is 0 Å². The lowest BCUT2D eigenvalue weighted by atomic mass is 9.97. The van der Waals surface area contributed by atoms with E-state index >= 15 is 0 Å². The van der Waals surface area contributed by atoms with E-state index in [2.05, 4.69) is 39.4 Å². The zero-order valence-electron chi connectivity index (χ0n) is 11.9. The summed E-state index contributed by atoms with van der Waals surface area (Å²) in [5, 5.41) is 4.48. The summed E-state index contributed by atoms with van der Waals surface area (Å²) in [5.41, 5.74) is 0. The van der Waals surface area contributed by atoms with Gasteiger partial charge < -0.3 is 10.2 Å². The molecule has 1 aromatic rings. The van der Waals surface area contributed by atoms with Gasteiger partial charge in [0, 0.05) is 19.2 Å². The van der Waals surface area contributed by atoms with E-state index in [1.165, 1.54) is 12.8 Å². The van der Waals surface area contributed by atoms with Gasteiger partial charge in [0.05, 0.1) is 0 Å². The van der Waals surface area contributed by atoms with E-state index in [0.29, 0.717) is 0 Å². The Bertz CT molecular complexity index is 379. The molecule has 0 spiro atoms. The molecule has 1 aliphatic rings. The molecule has 106 valence electrons. The van der Waals surface area contributed by atoms with Gasteiger partial charge in [-0.15, -0.1) is 11.8 Å². The van der Waals surface area contributed by atoms with Crippen LogP contribution in [-0.2, 0) is 0 Å². The summed E-state index contributed by atoms with van der Waals surface area (Å²) in [7, 11) is 0. The van der Waals surface area contributed by atoms with E-state index in [0.717, 1.165) is 49.4 Å². The highest BCUT2D eigenvalue weighted by molar-refractivity contribution is 7.98. The van der Waals surface area contributed by atoms with Gasteiger partial charge in [-0.05, 0) is 44.5 Å². The van der Waals surface area contributed by atoms with Crippen LogP contribution in [0, 0.1) is 5.92 Å². The molecule has 1 N–H and O–H groups in total. The Balaban J connectivity index is 2.04. The van der Waals surface area contributed by atoms with Crippen LogP contribution in [-0.4, -0.2) is 42.4 Å². The van der Waals surface area contributed by atoms with Crippen LogP contribution in [0.2, 0.25) is 0 Å². The van der Waals surface area contributed by atoms with E-state index in [-0.39, 0.29) is 0 Å². The predicted octanol–water partition coefficient (Wildman–Crippen LogP) is 2.41. The second-order valence-electron chi connectivity index (χ2n) is 5.06. The first-order valence-electron chi connectivity index (χ1n) is 7.15. The molecule has 0 atom stereocenters. The molecule has 0 aromatic carbocycles. The number of hydrogen-bond donors (Lipinski definition) is 1. The first-order chi connectivity index (χ1) is 9.33. The van der Waals surface area contributed by atoms with Gasteiger partial charge in [0.15, 0.2) is 0 Å². The summed E-state index contributed by atoms with van der Waals surface area (Å²) in [4.78, 5) is 11.1. The fraction of sp³-hybridized carbons (Fsp3) is 0.714. The van der Waals surface area contributed by atoms with Gasteiger partial charge in [-0.1, -0.05) is 6.92 Å². The minimum atomic E-state index is 0.792. The molecule has 5 heteroatoms. The monoisotopic (exact) mass is 280 g/mol. The molecule has 1 saturated heterocycles. The summed E-state index contributed by atoms with van der Waals surface area (Å²) in [5.74, 6) is 1.88. The summed E-state index contributed by atoms with van der Waals surface area (Å²) in [6.07, 6.45) is 7.46. The standard InChI is InChI=1S/C14H24N4S/c1-3-8-18(10-12-4-6-15-7-5-12)13-9-14(19-2)17-11-16-13/h9,11-12,15H,3-8,10H2,1-2H3. The van der Waals surface area contributed by atoms with Crippen molar-refractivity contribution in [2.24, 2.45) is 5.92 Å². The second kappa shape index (κ2) is 7.70. The van der Waals surface area contributed by atoms with Gasteiger partial charge in [0.25, 0.3) is 0 Å². The molecule has 0 amide bonds. The molecule has 1 aliphatic heterocycles. The number of aromatic nitrogens is 2. The first kappa shape index (κ1) is 14.6. The normalized spacial score (nSPS) is 16.5. The molecule has 0 unspecified atom stereocenters. The lowest BCUT2D eigenvalue weighted by Crippen LogP contribution is -2.37. The Morgan fingerprint density at radius 2 is 2.16 bits per heavy atom. The molecule has 0 saturated carbocycles. The first-order valence-corrected chi connectivity index (χ1v) is 8.37. The fourth-order valence-electron chi connectivity index (χ4n) is 2.56. The van der Waals surface area contributed by atoms with Crippen LogP contribution in [0.25, 0.3) is 0 Å². The molecule has 1 aromatic heterocycles. The van der Waals surface area contributed by atoms with Crippen LogP contribution < -0.4 is 10.2 Å². The third-order valence-electron chi connectivity index (χ3n) is 3.59. The van der Waals surface area contributed by atoms with Crippen molar-refractivity contribution in [2.45, 2.75) is 31.2 Å². The van der Waals surface area contributed by atoms with Crippen molar-refractivity contribution in [1.82, 2.24) is 15.3 Å². The maximum absolute atomic E-state index is 4.46. The smallest absolute Gasteiger partial charge is 0.133 e. The molecule has 0 aliphatic carbocycles. The Kier molecular flexibility index (Phi) is 5.92. The van der Waals surface area contributed by atoms with Gasteiger partial charge >= 0.3 is 0 Å². The van der Waals surface area contributed by atoms with Crippen molar-refractivity contribution in [3.63, 3.8) is 0 Å². The molecule has 4 nitrogen and oxygen atoms in total. The topological polar surface area (TPSA) is 41.0 Å². The number of rotatable bonds is 6. The van der Waals surface area contributed by atoms with Gasteiger partial charge in [0.1, 0.15) is 17.2 Å². The van der Waals surface area contributed by atoms with Crippen LogP contribution in [0.3, 0.4) is 0 Å². The molecule has 1 fully saturated rings. The third kappa shape index (κ3) is 4.35. The number of nitrogens with zero attached hydrogens (tertiary/aromatic N) is 3. The average Bonchev–Trinajstić information content (AvgIpc) is 2.48. The van der Waals surface area contributed by atoms with Gasteiger partial charge in [-0.3, -0.25) is 0 Å². The van der Waals surface area contributed by atoms with Crippen LogP contribution >= 0.6 is 11.8 Å². The average molecular weight is 280 g/mol. The van der Waals surface area contributed by atoms with Crippen molar-refractivity contribution in [3.8, 4) is 0 Å². The molecule has 0 bridgehead atoms. The maximum Gasteiger partial charge on any atom is 0.133 e. The lowest BCUT2D eigenvalue weighted by molar-refractivity contribution is 0.372. The molecule has 19 heavy (non-hydrogen) atoms. The molecule has 0 radical (unpaired) electrons. The van der Waals surface area contributed by atoms with Crippen LogP contribution in [0.4, 0.5) is 5.82 Å². The van der Waals surface area contributed by atoms with E-state index in [1.54, 1.807) is 18.1 Å². The van der Waals surface area contributed by atoms with Crippen molar-refractivity contribution >= 4 is 17.6 Å². The van der Waals surface area contributed by atoms with Crippen LogP contribution in [0.5, 0.6) is 0 Å². The van der Waals surface area contributed by atoms with Gasteiger partial charge in [-0.25, -0.2) is 9.97 Å². The van der Waals surface area contributed by atoms with E-state index in [9.17, 15) is 0 Å². The highest BCUT2D eigenvalue weighted by Gasteiger charge is 2.18. The Labute approximate surface area is 120 Å². The molecule has 2 heterocycles. The third-order valence-corrected chi connectivity index (χ3v) is 4.23. The number of anilines is 1. The lowest BCUT2D eigenvalue weighted by Gasteiger charge is -2.30. The molecular weight excluding hydrogens is 256 g/mol. The maximum atomic E-state index is 4.46. The summed E-state index contributed by atoms with van der Waals surface area (Å²) in [6, 6.07) is 2.11. The summed E-state index contributed by atoms with van der Waals surface area (Å²) >= 11 is 1.68. The molecule has 2 rings (SSSR count). The van der Waals surface area contributed by atoms with Crippen LogP contribution in [0.1, 0.15) is 26.2 Å². The highest BCUT2D eigenvalue weighted by atomic mass is 32.2. The number of hydrogen-bond acceptors (Lipinski definition) is 5. The second-order valence-corrected chi connectivity index (χ2v) is 5.88. The fourth-order valence-corrected chi connectivity index (χ4v) is 2.94. The zero-order chi connectivity index (χ0) is 13.5. The quantitative estimate of drug-likeness (QED) is 0.640. The predicted molar refractivity (Wildman–Crippen MR) is 81.9 cm³/mol. The summed E-state index contributed by atoms with van der Waals surface area (Å²) < 4.78 is 0. The number of thioether (sulfide) groups is 1. The summed E-state index contributed by atoms with van der Waals surface area (Å²) in [6.45, 7) is 6.75. The SMILES string of the molecule is CCCN(CC1CCNCC1)c1cc(SC)ncn1. The Morgan fingerprint density at radius 3 is 2.84 bits per heavy atom. The minimum absolute atomic E-state index is 0.792. The largest absolute Gasteiger partial charge is 0.356 e. The van der Waals surface area contributed by atoms with E-state index in [4.69, 9.17) is 0 Å². The number of piperidine rings is 1. The van der Waals surface area contributed by atoms with Crippen LogP contribution in [0.15, 0.2) is 17.4 Å². The van der Waals surface area contributed by atoms with Crippen molar-refractivity contribution < 1.29 is 0 Å². The van der Waals surface area contributed by atoms with Gasteiger partial charge in [0.2, 0.25) is 0 Å². The highest BCUT2D eigenvalue weighted by Crippen LogP contribution is 2.21. The molecular formula is C14H24N4S. The van der Waals surface area contributed by atoms with Gasteiger partial charge in [-0.2, -0.15) is 0 Å². The van der Waals surface area contributed by atoms with Crippen molar-refractivity contribution in [3.05, 3.63) is 12.4 Å². The van der Waals surface area contributed by atoms with Crippen molar-refractivity contribution in [2.75, 3.05) is 37.3 Å². The zero-order valence-corrected chi connectivity index (χ0v) is 12.7. The Morgan fingerprint density at radius 1 is 1.37 bits per heavy atom.